The van der Waals surface area contributed by atoms with Crippen molar-refractivity contribution >= 4 is 11.9 Å². The minimum absolute atomic E-state index is 0.0544. The van der Waals surface area contributed by atoms with E-state index >= 15 is 0 Å². The fraction of sp³-hybridized carbons (Fsp3) is 0.250. The van der Waals surface area contributed by atoms with Crippen molar-refractivity contribution in [2.45, 2.75) is 13.3 Å². The molecule has 0 saturated heterocycles. The van der Waals surface area contributed by atoms with Gasteiger partial charge in [0.05, 0.1) is 6.42 Å². The van der Waals surface area contributed by atoms with Gasteiger partial charge in [-0.25, -0.2) is 4.79 Å². The highest BCUT2D eigenvalue weighted by Gasteiger charge is 2.08. The van der Waals surface area contributed by atoms with E-state index in [9.17, 15) is 14.4 Å². The summed E-state index contributed by atoms with van der Waals surface area (Å²) in [5.74, 6) is -1.11. The topological polar surface area (TPSA) is 85.5 Å². The number of nitrogens with one attached hydrogen (secondary N) is 1. The number of pyridine rings is 1. The van der Waals surface area contributed by atoms with Crippen LogP contribution in [0.4, 0.5) is 0 Å². The minimum Gasteiger partial charge on any atom is -0.462 e. The number of rotatable bonds is 5. The molecule has 0 saturated carbocycles. The molecule has 1 N–H and O–H groups in total. The third-order valence-corrected chi connectivity index (χ3v) is 1.85. The SMILES string of the molecule is C=C(C)C(=O)OCCC(=O)Oc1cccc(=O)[nH]1. The first-order valence-electron chi connectivity index (χ1n) is 5.21. The summed E-state index contributed by atoms with van der Waals surface area (Å²) >= 11 is 0. The zero-order valence-electron chi connectivity index (χ0n) is 9.89. The normalized spacial score (nSPS) is 9.61. The molecule has 1 aromatic rings. The summed E-state index contributed by atoms with van der Waals surface area (Å²) in [5.41, 5.74) is -0.107. The molecule has 0 aromatic carbocycles. The van der Waals surface area contributed by atoms with Crippen LogP contribution in [0.25, 0.3) is 0 Å². The van der Waals surface area contributed by atoms with E-state index in [2.05, 4.69) is 11.6 Å². The number of carbonyl (C=O) groups is 2. The smallest absolute Gasteiger partial charge is 0.333 e. The molecule has 1 rings (SSSR count). The van der Waals surface area contributed by atoms with Crippen LogP contribution < -0.4 is 10.3 Å². The standard InChI is InChI=1S/C12H13NO5/c1-8(2)12(16)17-7-6-11(15)18-10-5-3-4-9(14)13-10/h3-5H,1,6-7H2,2H3,(H,13,14). The largest absolute Gasteiger partial charge is 0.462 e. The Morgan fingerprint density at radius 2 is 2.11 bits per heavy atom. The van der Waals surface area contributed by atoms with Crippen LogP contribution >= 0.6 is 0 Å². The molecular weight excluding hydrogens is 238 g/mol. The van der Waals surface area contributed by atoms with E-state index in [4.69, 9.17) is 9.47 Å². The van der Waals surface area contributed by atoms with Gasteiger partial charge in [0.15, 0.2) is 0 Å². The third-order valence-electron chi connectivity index (χ3n) is 1.85. The fourth-order valence-corrected chi connectivity index (χ4v) is 1.01. The number of H-pyrrole nitrogens is 1. The van der Waals surface area contributed by atoms with Crippen molar-refractivity contribution in [3.8, 4) is 5.88 Å². The van der Waals surface area contributed by atoms with Gasteiger partial charge >= 0.3 is 11.9 Å². The predicted molar refractivity (Wildman–Crippen MR) is 63.1 cm³/mol. The molecule has 1 aromatic heterocycles. The first-order chi connectivity index (χ1) is 8.49. The summed E-state index contributed by atoms with van der Waals surface area (Å²) in [4.78, 5) is 35.6. The molecule has 96 valence electrons. The van der Waals surface area contributed by atoms with Gasteiger partial charge in [-0.05, 0) is 13.0 Å². The van der Waals surface area contributed by atoms with Crippen molar-refractivity contribution in [3.63, 3.8) is 0 Å². The molecule has 0 aliphatic rings. The molecule has 0 spiro atoms. The van der Waals surface area contributed by atoms with Gasteiger partial charge in [-0.15, -0.1) is 0 Å². The molecule has 0 aliphatic heterocycles. The number of ether oxygens (including phenoxy) is 2. The predicted octanol–water partition coefficient (Wildman–Crippen LogP) is 0.790. The van der Waals surface area contributed by atoms with E-state index < -0.39 is 11.9 Å². The van der Waals surface area contributed by atoms with Crippen molar-refractivity contribution < 1.29 is 19.1 Å². The molecular formula is C12H13NO5. The Bertz CT molecular complexity index is 517. The van der Waals surface area contributed by atoms with Gasteiger partial charge in [0.25, 0.3) is 5.56 Å². The summed E-state index contributed by atoms with van der Waals surface area (Å²) in [6.07, 6.45) is -0.101. The number of aromatic nitrogens is 1. The highest BCUT2D eigenvalue weighted by atomic mass is 16.6. The maximum atomic E-state index is 11.3. The Morgan fingerprint density at radius 1 is 1.39 bits per heavy atom. The molecule has 0 fully saturated rings. The monoisotopic (exact) mass is 251 g/mol. The van der Waals surface area contributed by atoms with Crippen molar-refractivity contribution in [2.24, 2.45) is 0 Å². The summed E-state index contributed by atoms with van der Waals surface area (Å²) in [5, 5.41) is 0. The van der Waals surface area contributed by atoms with E-state index in [0.29, 0.717) is 0 Å². The van der Waals surface area contributed by atoms with Gasteiger partial charge in [-0.1, -0.05) is 12.6 Å². The van der Waals surface area contributed by atoms with Gasteiger partial charge < -0.3 is 9.47 Å². The van der Waals surface area contributed by atoms with Crippen molar-refractivity contribution in [2.75, 3.05) is 6.61 Å². The van der Waals surface area contributed by atoms with Gasteiger partial charge in [-0.2, -0.15) is 0 Å². The quantitative estimate of drug-likeness (QED) is 0.617. The summed E-state index contributed by atoms with van der Waals surface area (Å²) in [7, 11) is 0. The second-order valence-corrected chi connectivity index (χ2v) is 3.52. The summed E-state index contributed by atoms with van der Waals surface area (Å²) in [6, 6.07) is 4.20. The Labute approximate surface area is 103 Å². The highest BCUT2D eigenvalue weighted by Crippen LogP contribution is 2.02. The molecule has 1 heterocycles. The Hall–Kier alpha value is -2.37. The van der Waals surface area contributed by atoms with Crippen molar-refractivity contribution in [1.82, 2.24) is 4.98 Å². The molecule has 18 heavy (non-hydrogen) atoms. The van der Waals surface area contributed by atoms with Crippen molar-refractivity contribution in [1.29, 1.82) is 0 Å². The van der Waals surface area contributed by atoms with Gasteiger partial charge in [0.1, 0.15) is 6.61 Å². The van der Waals surface area contributed by atoms with E-state index in [1.165, 1.54) is 25.1 Å². The Morgan fingerprint density at radius 3 is 2.72 bits per heavy atom. The minimum atomic E-state index is -0.605. The van der Waals surface area contributed by atoms with Crippen LogP contribution in [-0.4, -0.2) is 23.5 Å². The lowest BCUT2D eigenvalue weighted by atomic mass is 10.4. The molecule has 0 atom stereocenters. The molecule has 0 unspecified atom stereocenters. The van der Waals surface area contributed by atoms with Gasteiger partial charge in [-0.3, -0.25) is 14.6 Å². The second-order valence-electron chi connectivity index (χ2n) is 3.52. The Kier molecular flexibility index (Phi) is 4.86. The second kappa shape index (κ2) is 6.39. The summed E-state index contributed by atoms with van der Waals surface area (Å²) < 4.78 is 9.55. The maximum absolute atomic E-state index is 11.3. The van der Waals surface area contributed by atoms with Crippen LogP contribution in [0.3, 0.4) is 0 Å². The number of hydrogen-bond donors (Lipinski definition) is 1. The van der Waals surface area contributed by atoms with Crippen LogP contribution in [-0.2, 0) is 14.3 Å². The number of aromatic amines is 1. The van der Waals surface area contributed by atoms with Crippen LogP contribution in [0.5, 0.6) is 5.88 Å². The van der Waals surface area contributed by atoms with Crippen LogP contribution in [0, 0.1) is 0 Å². The molecule has 0 amide bonds. The Balaban J connectivity index is 2.36. The first-order valence-corrected chi connectivity index (χ1v) is 5.21. The average molecular weight is 251 g/mol. The fourth-order valence-electron chi connectivity index (χ4n) is 1.01. The van der Waals surface area contributed by atoms with Crippen LogP contribution in [0.2, 0.25) is 0 Å². The maximum Gasteiger partial charge on any atom is 0.333 e. The zero-order chi connectivity index (χ0) is 13.5. The van der Waals surface area contributed by atoms with Crippen LogP contribution in [0.15, 0.2) is 35.1 Å². The molecule has 0 radical (unpaired) electrons. The lowest BCUT2D eigenvalue weighted by Gasteiger charge is -2.04. The van der Waals surface area contributed by atoms with E-state index in [1.54, 1.807) is 0 Å². The molecule has 6 heteroatoms. The van der Waals surface area contributed by atoms with Crippen LogP contribution in [0.1, 0.15) is 13.3 Å². The van der Waals surface area contributed by atoms with E-state index in [1.807, 2.05) is 0 Å². The molecule has 6 nitrogen and oxygen atoms in total. The average Bonchev–Trinajstić information content (AvgIpc) is 2.28. The lowest BCUT2D eigenvalue weighted by Crippen LogP contribution is -2.16. The number of esters is 2. The molecule has 0 aliphatic carbocycles. The van der Waals surface area contributed by atoms with Gasteiger partial charge in [0, 0.05) is 11.6 Å². The lowest BCUT2D eigenvalue weighted by molar-refractivity contribution is -0.142. The number of carbonyl (C=O) groups excluding carboxylic acids is 2. The van der Waals surface area contributed by atoms with E-state index in [0.717, 1.165) is 0 Å². The zero-order valence-corrected chi connectivity index (χ0v) is 9.89. The third kappa shape index (κ3) is 4.65. The van der Waals surface area contributed by atoms with E-state index in [-0.39, 0.29) is 30.0 Å². The molecule has 0 bridgehead atoms. The van der Waals surface area contributed by atoms with Gasteiger partial charge in [0.2, 0.25) is 5.88 Å². The summed E-state index contributed by atoms with van der Waals surface area (Å²) in [6.45, 7) is 4.81. The highest BCUT2D eigenvalue weighted by molar-refractivity contribution is 5.87. The number of hydrogen-bond acceptors (Lipinski definition) is 5. The van der Waals surface area contributed by atoms with Crippen molar-refractivity contribution in [3.05, 3.63) is 40.7 Å². The first kappa shape index (κ1) is 13.7.